The van der Waals surface area contributed by atoms with Gasteiger partial charge in [0.1, 0.15) is 46.0 Å². The number of hydrogen-bond acceptors (Lipinski definition) is 6. The molecule has 0 bridgehead atoms. The summed E-state index contributed by atoms with van der Waals surface area (Å²) < 4.78 is 32.8. The summed E-state index contributed by atoms with van der Waals surface area (Å²) in [6.45, 7) is 19.8. The minimum absolute atomic E-state index is 0.285. The average molecular weight is 1580 g/mol. The van der Waals surface area contributed by atoms with Crippen LogP contribution in [0.25, 0.3) is 89.0 Å². The summed E-state index contributed by atoms with van der Waals surface area (Å²) in [4.78, 5) is 5.34. The number of rotatable bonds is 10. The van der Waals surface area contributed by atoms with Crippen LogP contribution < -0.4 is 77.9 Å². The molecule has 9 heteroatoms. The van der Waals surface area contributed by atoms with E-state index in [0.717, 1.165) is 224 Å². The van der Waals surface area contributed by atoms with Crippen LogP contribution >= 0.6 is 0 Å². The van der Waals surface area contributed by atoms with Gasteiger partial charge in [0.25, 0.3) is 20.1 Å². The second kappa shape index (κ2) is 28.2. The van der Waals surface area contributed by atoms with E-state index in [4.69, 9.17) is 18.9 Å². The maximum absolute atomic E-state index is 8.44. The predicted octanol–water partition coefficient (Wildman–Crippen LogP) is 24.5. The van der Waals surface area contributed by atoms with Gasteiger partial charge in [-0.25, -0.2) is 0 Å². The van der Waals surface area contributed by atoms with Gasteiger partial charge in [-0.1, -0.05) is 353 Å². The molecule has 6 aliphatic heterocycles. The topological polar surface area (TPSA) is 43.4 Å². The Kier molecular flexibility index (Phi) is 16.9. The second-order valence-corrected chi connectivity index (χ2v) is 36.9. The van der Waals surface area contributed by atoms with Crippen molar-refractivity contribution in [3.63, 3.8) is 0 Å². The summed E-state index contributed by atoms with van der Waals surface area (Å²) in [6, 6.07) is 135. The highest BCUT2D eigenvalue weighted by Gasteiger charge is 2.55. The summed E-state index contributed by atoms with van der Waals surface area (Å²) in [6.07, 6.45) is 0. The number of nitrogens with zero attached hydrogens (tertiary/aromatic N) is 2. The molecule has 6 heterocycles. The molecule has 123 heavy (non-hydrogen) atoms. The molecule has 6 aliphatic rings. The lowest BCUT2D eigenvalue weighted by molar-refractivity contribution is 0.467. The monoisotopic (exact) mass is 1580 g/mol. The minimum Gasteiger partial charge on any atom is -0.459 e. The van der Waals surface area contributed by atoms with E-state index in [1.807, 2.05) is 0 Å². The van der Waals surface area contributed by atoms with Crippen LogP contribution in [-0.2, 0) is 16.2 Å². The second-order valence-electron chi connectivity index (χ2n) is 36.9. The molecule has 0 atom stereocenters. The van der Waals surface area contributed by atoms with Gasteiger partial charge in [-0.15, -0.1) is 0 Å². The summed E-state index contributed by atoms with van der Waals surface area (Å²) in [7, 11) is 0. The Labute approximate surface area is 721 Å². The first kappa shape index (κ1) is 73.8. The van der Waals surface area contributed by atoms with Gasteiger partial charge in [0, 0.05) is 68.1 Å². The Morgan fingerprint density at radius 3 is 0.691 bits per heavy atom. The van der Waals surface area contributed by atoms with Crippen molar-refractivity contribution in [3.05, 3.63) is 381 Å². The van der Waals surface area contributed by atoms with E-state index in [9.17, 15) is 0 Å². The Morgan fingerprint density at radius 2 is 0.431 bits per heavy atom. The molecular weight excluding hydrogens is 1490 g/mol. The van der Waals surface area contributed by atoms with Gasteiger partial charge in [0.15, 0.2) is 0 Å². The zero-order valence-corrected chi connectivity index (χ0v) is 70.4. The highest BCUT2D eigenvalue weighted by Crippen LogP contribution is 2.58. The molecule has 0 fully saturated rings. The van der Waals surface area contributed by atoms with Crippen molar-refractivity contribution in [2.24, 2.45) is 0 Å². The first-order valence-corrected chi connectivity index (χ1v) is 43.2. The van der Waals surface area contributed by atoms with E-state index in [1.165, 1.54) is 11.1 Å². The van der Waals surface area contributed by atoms with Crippen molar-refractivity contribution in [2.45, 2.75) is 78.6 Å². The maximum atomic E-state index is 8.44. The van der Waals surface area contributed by atoms with E-state index in [-0.39, 0.29) is 24.3 Å². The van der Waals surface area contributed by atoms with E-state index in [0.29, 0.717) is 0 Å². The van der Waals surface area contributed by atoms with Gasteiger partial charge in [-0.2, -0.15) is 0 Å². The minimum atomic E-state index is -0.659. The fourth-order valence-corrected chi connectivity index (χ4v) is 20.1. The predicted molar refractivity (Wildman–Crippen MR) is 515 cm³/mol. The Balaban J connectivity index is 0.928. The van der Waals surface area contributed by atoms with Crippen LogP contribution in [-0.4, -0.2) is 20.1 Å². The standard InChI is InChI=1S/C114H87B3N2O4/c1-112(2,3)82-62-85(74-42-26-14-27-43-74)108(86(63-82)75-44-28-15-29-45-75)118-93-66-84(114(7,8)9)67-94-103(93)117(104-95(118)68-101-106-110(104)122-99-60-80(72-38-22-12-23-39-72)52-56-91(99)115(106)89-54-50-78(58-97(89)120-101)70-34-18-10-19-35-70)105-96(119(94)109-87(76-46-30-16-31-47-76)64-83(113(4,5)6)65-88(109)77-48-32-17-33-49-77)69-102-107-111(105)123-100-61-81(73-40-24-13-25-41-73)53-57-92(100)116(107)90-55-51-79(59-98(90)121-102)71-36-20-11-21-37-71/h10-69H,1-9H3. The Morgan fingerprint density at radius 1 is 0.195 bits per heavy atom. The molecule has 17 aromatic rings. The van der Waals surface area contributed by atoms with Crippen molar-refractivity contribution in [3.8, 4) is 135 Å². The fraction of sp³-hybridized carbons (Fsp3) is 0.105. The molecule has 0 aromatic heterocycles. The molecule has 0 radical (unpaired) electrons. The third-order valence-corrected chi connectivity index (χ3v) is 26.3. The molecule has 0 saturated carbocycles. The van der Waals surface area contributed by atoms with Crippen molar-refractivity contribution >= 4 is 103 Å². The lowest BCUT2D eigenvalue weighted by Gasteiger charge is -2.49. The number of ether oxygens (including phenoxy) is 4. The smallest absolute Gasteiger partial charge is 0.261 e. The molecule has 17 aromatic carbocycles. The van der Waals surface area contributed by atoms with Crippen LogP contribution in [0.5, 0.6) is 46.0 Å². The van der Waals surface area contributed by atoms with Gasteiger partial charge >= 0.3 is 0 Å². The van der Waals surface area contributed by atoms with Crippen molar-refractivity contribution in [1.29, 1.82) is 0 Å². The molecule has 586 valence electrons. The van der Waals surface area contributed by atoms with Crippen molar-refractivity contribution < 1.29 is 18.9 Å². The van der Waals surface area contributed by atoms with Crippen molar-refractivity contribution in [1.82, 2.24) is 0 Å². The first-order chi connectivity index (χ1) is 59.9. The lowest BCUT2D eigenvalue weighted by atomic mass is 9.28. The number of hydrogen-bond donors (Lipinski definition) is 0. The molecule has 0 N–H and O–H groups in total. The zero-order chi connectivity index (χ0) is 82.9. The summed E-state index contributed by atoms with van der Waals surface area (Å²) in [5.41, 5.74) is 35.0. The molecular formula is C114H87B3N2O4. The van der Waals surface area contributed by atoms with Gasteiger partial charge < -0.3 is 28.7 Å². The SMILES string of the molecule is CC(C)(C)c1cc(-c2ccccc2)c(N2c3cc(C(C)(C)C)cc4c3B(c3c2cc2c5c3Oc3cc(-c6ccccc6)ccc3B5c3ccc(-c5ccccc5)cc3O2)c2c(cc3c5c2Oc2cc(-c6ccccc6)ccc2B5c2ccc(-c5ccccc5)cc2O3)N4c2c(-c3ccccc3)cc(C(C)(C)C)cc2-c2ccccc2)c(-c2ccccc2)c1. The molecule has 6 nitrogen and oxygen atoms in total. The van der Waals surface area contributed by atoms with Gasteiger partial charge in [0.05, 0.1) is 11.4 Å². The molecule has 0 amide bonds. The lowest BCUT2D eigenvalue weighted by Crippen LogP contribution is -2.67. The first-order valence-electron chi connectivity index (χ1n) is 43.2. The van der Waals surface area contributed by atoms with Crippen LogP contribution in [0.4, 0.5) is 34.1 Å². The number of benzene rings is 17. The highest BCUT2D eigenvalue weighted by molar-refractivity contribution is 7.05. The van der Waals surface area contributed by atoms with Gasteiger partial charge in [-0.3, -0.25) is 0 Å². The van der Waals surface area contributed by atoms with Crippen LogP contribution in [0, 0.1) is 0 Å². The van der Waals surface area contributed by atoms with E-state index < -0.39 is 12.1 Å². The van der Waals surface area contributed by atoms with Gasteiger partial charge in [-0.05, 0) is 199 Å². The van der Waals surface area contributed by atoms with E-state index in [2.05, 4.69) is 436 Å². The quantitative estimate of drug-likeness (QED) is 0.127. The normalized spacial score (nSPS) is 13.4. The van der Waals surface area contributed by atoms with Crippen LogP contribution in [0.3, 0.4) is 0 Å². The summed E-state index contributed by atoms with van der Waals surface area (Å²) >= 11 is 0. The maximum Gasteiger partial charge on any atom is 0.261 e. The summed E-state index contributed by atoms with van der Waals surface area (Å²) in [5, 5.41) is 0. The molecule has 0 spiro atoms. The van der Waals surface area contributed by atoms with Crippen LogP contribution in [0.15, 0.2) is 364 Å². The molecule has 0 aliphatic carbocycles. The number of fused-ring (bicyclic) bond motifs is 14. The van der Waals surface area contributed by atoms with Crippen molar-refractivity contribution in [2.75, 3.05) is 9.80 Å². The molecule has 0 saturated heterocycles. The Hall–Kier alpha value is -14.3. The van der Waals surface area contributed by atoms with E-state index in [1.54, 1.807) is 0 Å². The largest absolute Gasteiger partial charge is 0.459 e. The highest BCUT2D eigenvalue weighted by atomic mass is 16.5. The third kappa shape index (κ3) is 12.1. The Bertz CT molecular complexity index is 6610. The van der Waals surface area contributed by atoms with Crippen LogP contribution in [0.1, 0.15) is 79.0 Å². The fourth-order valence-electron chi connectivity index (χ4n) is 20.1. The van der Waals surface area contributed by atoms with Gasteiger partial charge in [0.2, 0.25) is 0 Å². The average Bonchev–Trinajstić information content (AvgIpc) is 0.665. The van der Waals surface area contributed by atoms with E-state index >= 15 is 0 Å². The third-order valence-electron chi connectivity index (χ3n) is 26.3. The van der Waals surface area contributed by atoms with Crippen LogP contribution in [0.2, 0.25) is 0 Å². The zero-order valence-electron chi connectivity index (χ0n) is 70.4. The molecule has 23 rings (SSSR count). The summed E-state index contributed by atoms with van der Waals surface area (Å²) in [5.74, 6) is 6.08. The number of anilines is 6. The molecule has 0 unspecified atom stereocenters.